The molecule has 0 amide bonds. The number of aryl methyl sites for hydroxylation is 1. The SMILES string of the molecule is CCCc1nc(N)cc(-c2cccc(F)c2C)n1. The van der Waals surface area contributed by atoms with Crippen molar-refractivity contribution in [3.63, 3.8) is 0 Å². The number of hydrogen-bond donors (Lipinski definition) is 1. The van der Waals surface area contributed by atoms with Crippen molar-refractivity contribution in [2.45, 2.75) is 26.7 Å². The minimum Gasteiger partial charge on any atom is -0.384 e. The van der Waals surface area contributed by atoms with E-state index in [1.165, 1.54) is 6.07 Å². The summed E-state index contributed by atoms with van der Waals surface area (Å²) in [5.41, 5.74) is 7.80. The van der Waals surface area contributed by atoms with Crippen molar-refractivity contribution in [2.24, 2.45) is 0 Å². The van der Waals surface area contributed by atoms with Crippen molar-refractivity contribution in [3.8, 4) is 11.3 Å². The number of anilines is 1. The number of nitrogens with two attached hydrogens (primary N) is 1. The van der Waals surface area contributed by atoms with Crippen LogP contribution in [0.2, 0.25) is 0 Å². The maximum absolute atomic E-state index is 13.5. The summed E-state index contributed by atoms with van der Waals surface area (Å²) in [5, 5.41) is 0. The van der Waals surface area contributed by atoms with Crippen LogP contribution in [0, 0.1) is 12.7 Å². The van der Waals surface area contributed by atoms with Gasteiger partial charge in [0.15, 0.2) is 0 Å². The van der Waals surface area contributed by atoms with Crippen molar-refractivity contribution >= 4 is 5.82 Å². The molecule has 4 heteroatoms. The Kier molecular flexibility index (Phi) is 3.55. The third kappa shape index (κ3) is 2.47. The molecule has 2 aromatic rings. The predicted molar refractivity (Wildman–Crippen MR) is 70.6 cm³/mol. The Bertz CT molecular complexity index is 567. The summed E-state index contributed by atoms with van der Waals surface area (Å²) in [6.07, 6.45) is 1.72. The van der Waals surface area contributed by atoms with Crippen molar-refractivity contribution in [1.29, 1.82) is 0 Å². The highest BCUT2D eigenvalue weighted by molar-refractivity contribution is 5.65. The van der Waals surface area contributed by atoms with E-state index in [0.717, 1.165) is 18.4 Å². The van der Waals surface area contributed by atoms with Crippen LogP contribution in [0.15, 0.2) is 24.3 Å². The van der Waals surface area contributed by atoms with Crippen LogP contribution in [0.4, 0.5) is 10.2 Å². The first-order valence-corrected chi connectivity index (χ1v) is 6.00. The van der Waals surface area contributed by atoms with Crippen molar-refractivity contribution in [1.82, 2.24) is 9.97 Å². The van der Waals surface area contributed by atoms with Crippen LogP contribution in [-0.2, 0) is 6.42 Å². The second-order valence-corrected chi connectivity index (χ2v) is 4.26. The Morgan fingerprint density at radius 3 is 2.78 bits per heavy atom. The second kappa shape index (κ2) is 5.12. The Morgan fingerprint density at radius 2 is 2.06 bits per heavy atom. The van der Waals surface area contributed by atoms with Crippen molar-refractivity contribution in [2.75, 3.05) is 5.73 Å². The van der Waals surface area contributed by atoms with Crippen LogP contribution in [-0.4, -0.2) is 9.97 Å². The molecule has 0 saturated heterocycles. The van der Waals surface area contributed by atoms with Crippen LogP contribution in [0.5, 0.6) is 0 Å². The molecule has 2 N–H and O–H groups in total. The monoisotopic (exact) mass is 245 g/mol. The molecule has 0 radical (unpaired) electrons. The van der Waals surface area contributed by atoms with Gasteiger partial charge in [-0.2, -0.15) is 0 Å². The molecule has 3 nitrogen and oxygen atoms in total. The molecule has 18 heavy (non-hydrogen) atoms. The Labute approximate surface area is 106 Å². The quantitative estimate of drug-likeness (QED) is 0.903. The van der Waals surface area contributed by atoms with Gasteiger partial charge in [-0.15, -0.1) is 0 Å². The van der Waals surface area contributed by atoms with E-state index in [-0.39, 0.29) is 5.82 Å². The minimum absolute atomic E-state index is 0.235. The number of rotatable bonds is 3. The summed E-state index contributed by atoms with van der Waals surface area (Å²) < 4.78 is 13.5. The third-order valence-corrected chi connectivity index (χ3v) is 2.81. The highest BCUT2D eigenvalue weighted by Gasteiger charge is 2.09. The molecule has 1 aromatic heterocycles. The zero-order valence-electron chi connectivity index (χ0n) is 10.6. The predicted octanol–water partition coefficient (Wildman–Crippen LogP) is 3.13. The van der Waals surface area contributed by atoms with E-state index in [9.17, 15) is 4.39 Å². The fourth-order valence-corrected chi connectivity index (χ4v) is 1.88. The van der Waals surface area contributed by atoms with Gasteiger partial charge in [-0.1, -0.05) is 19.1 Å². The first kappa shape index (κ1) is 12.5. The van der Waals surface area contributed by atoms with Gasteiger partial charge in [0.2, 0.25) is 0 Å². The molecule has 94 valence electrons. The lowest BCUT2D eigenvalue weighted by atomic mass is 10.0. The molecule has 2 rings (SSSR count). The lowest BCUT2D eigenvalue weighted by Crippen LogP contribution is -2.02. The molecule has 0 atom stereocenters. The van der Waals surface area contributed by atoms with Crippen LogP contribution < -0.4 is 5.73 Å². The maximum atomic E-state index is 13.5. The topological polar surface area (TPSA) is 51.8 Å². The fourth-order valence-electron chi connectivity index (χ4n) is 1.88. The normalized spacial score (nSPS) is 10.6. The van der Waals surface area contributed by atoms with Gasteiger partial charge in [-0.25, -0.2) is 14.4 Å². The molecular formula is C14H16FN3. The highest BCUT2D eigenvalue weighted by atomic mass is 19.1. The molecule has 1 heterocycles. The Hall–Kier alpha value is -1.97. The van der Waals surface area contributed by atoms with E-state index in [1.54, 1.807) is 19.1 Å². The average Bonchev–Trinajstić information content (AvgIpc) is 2.32. The average molecular weight is 245 g/mol. The van der Waals surface area contributed by atoms with Crippen LogP contribution in [0.1, 0.15) is 24.7 Å². The van der Waals surface area contributed by atoms with Gasteiger partial charge in [0.05, 0.1) is 5.69 Å². The Balaban J connectivity index is 2.53. The van der Waals surface area contributed by atoms with Crippen molar-refractivity contribution in [3.05, 3.63) is 41.5 Å². The fraction of sp³-hybridized carbons (Fsp3) is 0.286. The molecule has 0 spiro atoms. The second-order valence-electron chi connectivity index (χ2n) is 4.26. The maximum Gasteiger partial charge on any atom is 0.131 e. The third-order valence-electron chi connectivity index (χ3n) is 2.81. The highest BCUT2D eigenvalue weighted by Crippen LogP contribution is 2.24. The van der Waals surface area contributed by atoms with Gasteiger partial charge in [0.25, 0.3) is 0 Å². The number of benzene rings is 1. The van der Waals surface area contributed by atoms with Gasteiger partial charge < -0.3 is 5.73 Å². The van der Waals surface area contributed by atoms with E-state index in [0.29, 0.717) is 22.9 Å². The standard InChI is InChI=1S/C14H16FN3/c1-3-5-14-17-12(8-13(16)18-14)10-6-4-7-11(15)9(10)2/h4,6-8H,3,5H2,1-2H3,(H2,16,17,18). The summed E-state index contributed by atoms with van der Waals surface area (Å²) >= 11 is 0. The van der Waals surface area contributed by atoms with E-state index >= 15 is 0 Å². The van der Waals surface area contributed by atoms with Gasteiger partial charge in [-0.05, 0) is 25.0 Å². The van der Waals surface area contributed by atoms with Gasteiger partial charge in [0, 0.05) is 18.1 Å². The molecule has 0 aliphatic heterocycles. The summed E-state index contributed by atoms with van der Waals surface area (Å²) in [6.45, 7) is 3.79. The molecule has 0 saturated carbocycles. The number of hydrogen-bond acceptors (Lipinski definition) is 3. The lowest BCUT2D eigenvalue weighted by Gasteiger charge is -2.08. The van der Waals surface area contributed by atoms with E-state index in [2.05, 4.69) is 16.9 Å². The van der Waals surface area contributed by atoms with Crippen molar-refractivity contribution < 1.29 is 4.39 Å². The Morgan fingerprint density at radius 1 is 1.28 bits per heavy atom. The molecule has 0 fully saturated rings. The number of nitrogens with zero attached hydrogens (tertiary/aromatic N) is 2. The lowest BCUT2D eigenvalue weighted by molar-refractivity contribution is 0.619. The van der Waals surface area contributed by atoms with Crippen LogP contribution in [0.25, 0.3) is 11.3 Å². The molecule has 0 aliphatic rings. The first-order valence-electron chi connectivity index (χ1n) is 6.00. The smallest absolute Gasteiger partial charge is 0.131 e. The van der Waals surface area contributed by atoms with E-state index in [1.807, 2.05) is 6.07 Å². The molecule has 0 unspecified atom stereocenters. The number of halogens is 1. The van der Waals surface area contributed by atoms with Gasteiger partial charge >= 0.3 is 0 Å². The van der Waals surface area contributed by atoms with E-state index < -0.39 is 0 Å². The molecular weight excluding hydrogens is 229 g/mol. The zero-order valence-corrected chi connectivity index (χ0v) is 10.6. The largest absolute Gasteiger partial charge is 0.384 e. The molecule has 0 bridgehead atoms. The minimum atomic E-state index is -0.235. The molecule has 1 aromatic carbocycles. The zero-order chi connectivity index (χ0) is 13.1. The van der Waals surface area contributed by atoms with Gasteiger partial charge in [-0.3, -0.25) is 0 Å². The van der Waals surface area contributed by atoms with E-state index in [4.69, 9.17) is 5.73 Å². The first-order chi connectivity index (χ1) is 8.61. The van der Waals surface area contributed by atoms with Gasteiger partial charge in [0.1, 0.15) is 17.5 Å². The summed E-state index contributed by atoms with van der Waals surface area (Å²) in [5.74, 6) is 0.894. The van der Waals surface area contributed by atoms with Crippen LogP contribution >= 0.6 is 0 Å². The summed E-state index contributed by atoms with van der Waals surface area (Å²) in [6, 6.07) is 6.64. The number of nitrogen functional groups attached to an aromatic ring is 1. The van der Waals surface area contributed by atoms with Crippen LogP contribution in [0.3, 0.4) is 0 Å². The molecule has 0 aliphatic carbocycles. The summed E-state index contributed by atoms with van der Waals surface area (Å²) in [7, 11) is 0. The summed E-state index contributed by atoms with van der Waals surface area (Å²) in [4.78, 5) is 8.61. The number of aromatic nitrogens is 2.